The Labute approximate surface area is 201 Å². The molecule has 3 aromatic rings. The van der Waals surface area contributed by atoms with Gasteiger partial charge in [0.2, 0.25) is 0 Å². The maximum atomic E-state index is 14.7. The Balaban J connectivity index is 1.88. The van der Waals surface area contributed by atoms with Crippen LogP contribution in [0.15, 0.2) is 60.7 Å². The van der Waals surface area contributed by atoms with Crippen molar-refractivity contribution >= 4 is 35.1 Å². The second-order valence-corrected chi connectivity index (χ2v) is 8.59. The van der Waals surface area contributed by atoms with Crippen molar-refractivity contribution in [1.29, 1.82) is 0 Å². The Bertz CT molecular complexity index is 1300. The number of hydrogen-bond donors (Lipinski definition) is 1. The first-order valence-electron chi connectivity index (χ1n) is 9.92. The lowest BCUT2D eigenvalue weighted by atomic mass is 9.79. The molecule has 176 valence electrons. The van der Waals surface area contributed by atoms with Crippen LogP contribution in [0.4, 0.5) is 17.6 Å². The molecule has 1 heterocycles. The van der Waals surface area contributed by atoms with Crippen LogP contribution in [0.3, 0.4) is 0 Å². The van der Waals surface area contributed by atoms with Crippen LogP contribution in [-0.4, -0.2) is 21.9 Å². The highest BCUT2D eigenvalue weighted by Gasteiger charge is 2.45. The van der Waals surface area contributed by atoms with Gasteiger partial charge < -0.3 is 10.0 Å². The van der Waals surface area contributed by atoms with E-state index in [2.05, 4.69) is 0 Å². The van der Waals surface area contributed by atoms with Crippen molar-refractivity contribution in [3.63, 3.8) is 0 Å². The first-order valence-corrected chi connectivity index (χ1v) is 10.7. The van der Waals surface area contributed by atoms with Gasteiger partial charge in [-0.2, -0.15) is 13.2 Å². The number of carbonyl (C=O) groups is 2. The summed E-state index contributed by atoms with van der Waals surface area (Å²) in [6.07, 6.45) is -4.74. The molecule has 0 bridgehead atoms. The van der Waals surface area contributed by atoms with E-state index in [1.807, 2.05) is 0 Å². The van der Waals surface area contributed by atoms with Crippen LogP contribution < -0.4 is 0 Å². The Morgan fingerprint density at radius 3 is 2.32 bits per heavy atom. The third-order valence-corrected chi connectivity index (χ3v) is 6.27. The van der Waals surface area contributed by atoms with Gasteiger partial charge in [-0.3, -0.25) is 9.59 Å². The molecule has 0 saturated carbocycles. The van der Waals surface area contributed by atoms with Crippen LogP contribution in [0.25, 0.3) is 0 Å². The number of hydrogen-bond acceptors (Lipinski definition) is 2. The average molecular weight is 512 g/mol. The lowest BCUT2D eigenvalue weighted by Crippen LogP contribution is -2.44. The molecule has 1 aliphatic heterocycles. The second-order valence-electron chi connectivity index (χ2n) is 7.75. The van der Waals surface area contributed by atoms with Crippen molar-refractivity contribution in [2.75, 3.05) is 0 Å². The van der Waals surface area contributed by atoms with E-state index in [0.717, 1.165) is 11.0 Å². The average Bonchev–Trinajstić information content (AvgIpc) is 2.76. The van der Waals surface area contributed by atoms with Gasteiger partial charge in [0.15, 0.2) is 0 Å². The van der Waals surface area contributed by atoms with Gasteiger partial charge in [-0.05, 0) is 41.5 Å². The zero-order valence-electron chi connectivity index (χ0n) is 17.1. The fourth-order valence-corrected chi connectivity index (χ4v) is 4.68. The molecule has 1 N–H and O–H groups in total. The van der Waals surface area contributed by atoms with Crippen molar-refractivity contribution in [3.8, 4) is 0 Å². The highest BCUT2D eigenvalue weighted by atomic mass is 35.5. The molecule has 0 fully saturated rings. The molecule has 0 saturated heterocycles. The molecule has 0 aromatic heterocycles. The molecule has 1 aliphatic rings. The molecule has 0 spiro atoms. The maximum Gasteiger partial charge on any atom is 0.416 e. The summed E-state index contributed by atoms with van der Waals surface area (Å²) in [6.45, 7) is -0.482. The third-order valence-electron chi connectivity index (χ3n) is 5.71. The summed E-state index contributed by atoms with van der Waals surface area (Å²) >= 11 is 12.3. The lowest BCUT2D eigenvalue weighted by Gasteiger charge is -2.41. The van der Waals surface area contributed by atoms with E-state index in [-0.39, 0.29) is 32.3 Å². The van der Waals surface area contributed by atoms with Crippen molar-refractivity contribution in [1.82, 2.24) is 4.90 Å². The van der Waals surface area contributed by atoms with E-state index in [4.69, 9.17) is 23.2 Å². The summed E-state index contributed by atoms with van der Waals surface area (Å²) in [5.74, 6) is -4.31. The number of carboxylic acids is 1. The molecule has 10 heteroatoms. The predicted molar refractivity (Wildman–Crippen MR) is 117 cm³/mol. The van der Waals surface area contributed by atoms with Crippen LogP contribution in [0, 0.1) is 5.82 Å². The molecule has 2 atom stereocenters. The van der Waals surface area contributed by atoms with Gasteiger partial charge >= 0.3 is 12.1 Å². The second kappa shape index (κ2) is 8.92. The largest absolute Gasteiger partial charge is 0.481 e. The van der Waals surface area contributed by atoms with Crippen LogP contribution in [-0.2, 0) is 17.5 Å². The number of aliphatic carboxylic acids is 1. The van der Waals surface area contributed by atoms with E-state index in [0.29, 0.717) is 12.1 Å². The molecule has 4 nitrogen and oxygen atoms in total. The number of halogens is 6. The van der Waals surface area contributed by atoms with E-state index in [1.165, 1.54) is 30.3 Å². The minimum Gasteiger partial charge on any atom is -0.481 e. The quantitative estimate of drug-likeness (QED) is 0.395. The molecule has 0 aliphatic carbocycles. The van der Waals surface area contributed by atoms with Crippen molar-refractivity contribution < 1.29 is 32.3 Å². The van der Waals surface area contributed by atoms with Gasteiger partial charge in [0.1, 0.15) is 11.7 Å². The lowest BCUT2D eigenvalue weighted by molar-refractivity contribution is -0.141. The third kappa shape index (κ3) is 4.35. The summed E-state index contributed by atoms with van der Waals surface area (Å²) in [5.41, 5.74) is -0.776. The fraction of sp³-hybridized carbons (Fsp3) is 0.167. The summed E-state index contributed by atoms with van der Waals surface area (Å²) in [6, 6.07) is 11.3. The summed E-state index contributed by atoms with van der Waals surface area (Å²) in [4.78, 5) is 27.0. The highest BCUT2D eigenvalue weighted by molar-refractivity contribution is 6.35. The van der Waals surface area contributed by atoms with Crippen LogP contribution in [0.2, 0.25) is 10.0 Å². The molecular weight excluding hydrogens is 497 g/mol. The molecule has 4 rings (SSSR count). The number of nitrogens with zero attached hydrogens (tertiary/aromatic N) is 1. The van der Waals surface area contributed by atoms with Gasteiger partial charge in [-0.1, -0.05) is 53.5 Å². The number of fused-ring (bicyclic) bond motifs is 1. The Morgan fingerprint density at radius 1 is 1.00 bits per heavy atom. The highest BCUT2D eigenvalue weighted by Crippen LogP contribution is 2.46. The minimum atomic E-state index is -4.74. The van der Waals surface area contributed by atoms with Crippen molar-refractivity contribution in [3.05, 3.63) is 104 Å². The number of carbonyl (C=O) groups excluding carboxylic acids is 1. The zero-order valence-corrected chi connectivity index (χ0v) is 18.6. The number of carboxylic acid groups (broad SMARTS) is 1. The molecule has 1 amide bonds. The monoisotopic (exact) mass is 511 g/mol. The minimum absolute atomic E-state index is 0.0915. The van der Waals surface area contributed by atoms with E-state index in [1.54, 1.807) is 12.1 Å². The number of amides is 1. The molecule has 0 radical (unpaired) electrons. The van der Waals surface area contributed by atoms with Gasteiger partial charge in [-0.25, -0.2) is 4.39 Å². The maximum absolute atomic E-state index is 14.7. The first kappa shape index (κ1) is 24.0. The molecular formula is C24H15Cl2F4NO3. The van der Waals surface area contributed by atoms with Crippen molar-refractivity contribution in [2.24, 2.45) is 0 Å². The topological polar surface area (TPSA) is 57.6 Å². The van der Waals surface area contributed by atoms with Gasteiger partial charge in [0, 0.05) is 27.7 Å². The summed E-state index contributed by atoms with van der Waals surface area (Å²) < 4.78 is 53.6. The van der Waals surface area contributed by atoms with E-state index >= 15 is 0 Å². The standard InChI is InChI=1S/C24H15Cl2F4NO3/c25-14-7-8-17(18(26)10-14)21-20(23(33)34)15-3-1-2-4-16(15)22(32)31(21)11-12-5-6-13(9-19(12)27)24(28,29)30/h1-10,20-21H,11H2,(H,33,34). The number of benzene rings is 3. The summed E-state index contributed by atoms with van der Waals surface area (Å²) in [5, 5.41) is 10.5. The van der Waals surface area contributed by atoms with Gasteiger partial charge in [0.05, 0.1) is 11.6 Å². The Kier molecular flexibility index (Phi) is 6.31. The SMILES string of the molecule is O=C(O)C1c2ccccc2C(=O)N(Cc2ccc(C(F)(F)F)cc2F)C1c1ccc(Cl)cc1Cl. The number of alkyl halides is 3. The smallest absolute Gasteiger partial charge is 0.416 e. The predicted octanol–water partition coefficient (Wildman–Crippen LogP) is 6.72. The van der Waals surface area contributed by atoms with Crippen molar-refractivity contribution in [2.45, 2.75) is 24.7 Å². The van der Waals surface area contributed by atoms with Crippen LogP contribution in [0.5, 0.6) is 0 Å². The normalized spacial score (nSPS) is 18.1. The summed E-state index contributed by atoms with van der Waals surface area (Å²) in [7, 11) is 0. The Morgan fingerprint density at radius 2 is 1.71 bits per heavy atom. The molecule has 2 unspecified atom stereocenters. The zero-order chi connectivity index (χ0) is 24.8. The van der Waals surface area contributed by atoms with Gasteiger partial charge in [-0.15, -0.1) is 0 Å². The van der Waals surface area contributed by atoms with Crippen LogP contribution in [0.1, 0.15) is 44.6 Å². The van der Waals surface area contributed by atoms with E-state index in [9.17, 15) is 32.3 Å². The Hall–Kier alpha value is -3.10. The molecule has 34 heavy (non-hydrogen) atoms. The number of rotatable bonds is 4. The first-order chi connectivity index (χ1) is 16.0. The van der Waals surface area contributed by atoms with E-state index < -0.39 is 47.9 Å². The van der Waals surface area contributed by atoms with Crippen LogP contribution >= 0.6 is 23.2 Å². The van der Waals surface area contributed by atoms with Gasteiger partial charge in [0.25, 0.3) is 5.91 Å². The molecule has 3 aromatic carbocycles. The fourth-order valence-electron chi connectivity index (χ4n) is 4.16.